The number of benzene rings is 2. The maximum atomic E-state index is 14.0. The summed E-state index contributed by atoms with van der Waals surface area (Å²) in [4.78, 5) is 40.7. The van der Waals surface area contributed by atoms with Gasteiger partial charge in [-0.25, -0.2) is 0 Å². The molecule has 184 valence electrons. The highest BCUT2D eigenvalue weighted by Crippen LogP contribution is 2.35. The van der Waals surface area contributed by atoms with Gasteiger partial charge in [-0.1, -0.05) is 55.8 Å². The third-order valence-electron chi connectivity index (χ3n) is 5.46. The third kappa shape index (κ3) is 5.98. The van der Waals surface area contributed by atoms with E-state index in [-0.39, 0.29) is 22.2 Å². The number of rotatable bonds is 9. The summed E-state index contributed by atoms with van der Waals surface area (Å²) in [5.41, 5.74) is 13.0. The predicted octanol–water partition coefficient (Wildman–Crippen LogP) is 4.34. The Kier molecular flexibility index (Phi) is 8.48. The van der Waals surface area contributed by atoms with Crippen LogP contribution in [0.2, 0.25) is 5.02 Å². The molecule has 0 bridgehead atoms. The van der Waals surface area contributed by atoms with E-state index in [0.717, 1.165) is 23.5 Å². The van der Waals surface area contributed by atoms with Crippen molar-refractivity contribution < 1.29 is 14.4 Å². The number of nitrogens with two attached hydrogens (primary N) is 2. The second kappa shape index (κ2) is 11.3. The van der Waals surface area contributed by atoms with E-state index in [1.807, 2.05) is 19.1 Å². The molecule has 3 amide bonds. The van der Waals surface area contributed by atoms with Gasteiger partial charge in [-0.15, -0.1) is 0 Å². The number of aryl methyl sites for hydroxylation is 1. The number of halogens is 1. The highest BCUT2D eigenvalue weighted by Gasteiger charge is 2.36. The van der Waals surface area contributed by atoms with Crippen molar-refractivity contribution in [1.29, 1.82) is 0 Å². The van der Waals surface area contributed by atoms with Crippen LogP contribution in [-0.4, -0.2) is 28.6 Å². The average Bonchev–Trinajstić information content (AvgIpc) is 3.20. The van der Waals surface area contributed by atoms with Crippen molar-refractivity contribution in [2.75, 3.05) is 17.2 Å². The van der Waals surface area contributed by atoms with Crippen LogP contribution in [0.4, 0.5) is 11.4 Å². The lowest BCUT2D eigenvalue weighted by Gasteiger charge is -2.32. The number of carbonyl (C=O) groups excluding carboxylic acids is 3. The highest BCUT2D eigenvalue weighted by atomic mass is 35.5. The number of para-hydroxylation sites is 1. The Hall–Kier alpha value is -3.43. The lowest BCUT2D eigenvalue weighted by atomic mass is 10.0. The van der Waals surface area contributed by atoms with E-state index in [0.29, 0.717) is 28.7 Å². The Balaban J connectivity index is 2.17. The molecule has 0 aliphatic carbocycles. The summed E-state index contributed by atoms with van der Waals surface area (Å²) >= 11 is 6.87. The van der Waals surface area contributed by atoms with Gasteiger partial charge >= 0.3 is 0 Å². The van der Waals surface area contributed by atoms with Gasteiger partial charge in [0, 0.05) is 17.3 Å². The number of hydrogen-bond acceptors (Lipinski definition) is 6. The summed E-state index contributed by atoms with van der Waals surface area (Å²) in [5.74, 6) is -1.37. The van der Waals surface area contributed by atoms with Crippen LogP contribution in [0.5, 0.6) is 0 Å². The minimum Gasteiger partial charge on any atom is -0.395 e. The van der Waals surface area contributed by atoms with E-state index in [4.69, 9.17) is 23.1 Å². The van der Waals surface area contributed by atoms with Crippen LogP contribution in [0.3, 0.4) is 0 Å². The number of carbonyl (C=O) groups is 3. The van der Waals surface area contributed by atoms with Gasteiger partial charge in [0.25, 0.3) is 11.8 Å². The molecule has 0 unspecified atom stereocenters. The van der Waals surface area contributed by atoms with Crippen molar-refractivity contribution in [1.82, 2.24) is 9.69 Å². The first kappa shape index (κ1) is 26.2. The molecule has 0 fully saturated rings. The fraction of sp³-hybridized carbons (Fsp3) is 0.280. The van der Waals surface area contributed by atoms with E-state index < -0.39 is 17.9 Å². The summed E-state index contributed by atoms with van der Waals surface area (Å²) in [7, 11) is 0. The van der Waals surface area contributed by atoms with Gasteiger partial charge < -0.3 is 16.8 Å². The van der Waals surface area contributed by atoms with Crippen LogP contribution in [0, 0.1) is 12.8 Å². The normalized spacial score (nSPS) is 11.8. The predicted molar refractivity (Wildman–Crippen MR) is 140 cm³/mol. The van der Waals surface area contributed by atoms with Crippen LogP contribution in [0.15, 0.2) is 48.5 Å². The summed E-state index contributed by atoms with van der Waals surface area (Å²) in [6.07, 6.45) is 0.779. The Morgan fingerprint density at radius 1 is 1.11 bits per heavy atom. The van der Waals surface area contributed by atoms with Crippen LogP contribution < -0.4 is 21.7 Å². The first-order valence-corrected chi connectivity index (χ1v) is 12.2. The summed E-state index contributed by atoms with van der Waals surface area (Å²) < 4.78 is 3.97. The number of hydrogen-bond donors (Lipinski definition) is 3. The summed E-state index contributed by atoms with van der Waals surface area (Å²) in [5, 5.41) is 3.46. The molecule has 0 aliphatic heterocycles. The number of amides is 3. The summed E-state index contributed by atoms with van der Waals surface area (Å²) in [6, 6.07) is 12.9. The first-order chi connectivity index (χ1) is 16.6. The number of nitrogen functional groups attached to an aromatic ring is 1. The maximum absolute atomic E-state index is 14.0. The lowest BCUT2D eigenvalue weighted by molar-refractivity contribution is -0.122. The second-order valence-corrected chi connectivity index (χ2v) is 9.74. The monoisotopic (exact) mass is 513 g/mol. The molecule has 3 aromatic rings. The van der Waals surface area contributed by atoms with Gasteiger partial charge in [0.05, 0.1) is 5.69 Å². The number of anilines is 2. The van der Waals surface area contributed by atoms with Crippen molar-refractivity contribution in [3.63, 3.8) is 0 Å². The minimum absolute atomic E-state index is 0.0241. The second-order valence-electron chi connectivity index (χ2n) is 8.53. The number of nitrogens with one attached hydrogen (secondary N) is 1. The molecular weight excluding hydrogens is 486 g/mol. The number of aromatic nitrogens is 1. The minimum atomic E-state index is -1.04. The van der Waals surface area contributed by atoms with Crippen LogP contribution in [0.25, 0.3) is 0 Å². The molecule has 0 saturated heterocycles. The van der Waals surface area contributed by atoms with E-state index in [1.54, 1.807) is 36.4 Å². The molecule has 0 radical (unpaired) electrons. The molecule has 0 saturated carbocycles. The van der Waals surface area contributed by atoms with Crippen LogP contribution >= 0.6 is 23.1 Å². The molecule has 1 atom stereocenters. The zero-order valence-electron chi connectivity index (χ0n) is 19.7. The Morgan fingerprint density at radius 3 is 2.34 bits per heavy atom. The van der Waals surface area contributed by atoms with Crippen molar-refractivity contribution in [3.8, 4) is 0 Å². The van der Waals surface area contributed by atoms with Crippen molar-refractivity contribution in [3.05, 3.63) is 75.3 Å². The molecule has 1 aromatic heterocycles. The molecule has 1 heterocycles. The largest absolute Gasteiger partial charge is 0.395 e. The SMILES string of the molecule is Cc1ccccc1N(C(=O)c1snc(C(N)=O)c1N)[C@H](C(=O)NCCC(C)C)c1ccc(Cl)cc1. The molecular formula is C25H28ClN5O3S. The molecule has 10 heteroatoms. The van der Waals surface area contributed by atoms with Gasteiger partial charge in [-0.05, 0) is 60.1 Å². The Labute approximate surface area is 213 Å². The van der Waals surface area contributed by atoms with Gasteiger partial charge in [0.2, 0.25) is 5.91 Å². The molecule has 0 spiro atoms. The topological polar surface area (TPSA) is 131 Å². The van der Waals surface area contributed by atoms with Crippen LogP contribution in [0.1, 0.15) is 57.6 Å². The lowest BCUT2D eigenvalue weighted by Crippen LogP contribution is -2.44. The van der Waals surface area contributed by atoms with Gasteiger partial charge in [0.15, 0.2) is 5.69 Å². The van der Waals surface area contributed by atoms with E-state index in [1.165, 1.54) is 4.90 Å². The smallest absolute Gasteiger partial charge is 0.273 e. The Bertz CT molecular complexity index is 1230. The summed E-state index contributed by atoms with van der Waals surface area (Å²) in [6.45, 7) is 6.42. The fourth-order valence-electron chi connectivity index (χ4n) is 3.58. The van der Waals surface area contributed by atoms with E-state index >= 15 is 0 Å². The van der Waals surface area contributed by atoms with Gasteiger partial charge in [-0.2, -0.15) is 4.37 Å². The zero-order valence-corrected chi connectivity index (χ0v) is 21.3. The highest BCUT2D eigenvalue weighted by molar-refractivity contribution is 7.09. The molecule has 3 rings (SSSR count). The van der Waals surface area contributed by atoms with Crippen LogP contribution in [-0.2, 0) is 4.79 Å². The van der Waals surface area contributed by atoms with Crippen molar-refractivity contribution >= 4 is 52.2 Å². The van der Waals surface area contributed by atoms with Gasteiger partial charge in [0.1, 0.15) is 10.9 Å². The van der Waals surface area contributed by atoms with Gasteiger partial charge in [-0.3, -0.25) is 19.3 Å². The number of nitrogens with zero attached hydrogens (tertiary/aromatic N) is 2. The maximum Gasteiger partial charge on any atom is 0.273 e. The first-order valence-electron chi connectivity index (χ1n) is 11.1. The standard InChI is InChI=1S/C25H28ClN5O3S/c1-14(2)12-13-29-24(33)21(16-8-10-17(26)11-9-16)31(18-7-5-4-6-15(18)3)25(34)22-19(27)20(23(28)32)30-35-22/h4-11,14,21H,12-13,27H2,1-3H3,(H2,28,32)(H,29,33)/t21-/m0/s1. The van der Waals surface area contributed by atoms with Crippen molar-refractivity contribution in [2.24, 2.45) is 11.7 Å². The molecule has 5 N–H and O–H groups in total. The quantitative estimate of drug-likeness (QED) is 0.391. The third-order valence-corrected chi connectivity index (χ3v) is 6.57. The van der Waals surface area contributed by atoms with Crippen molar-refractivity contribution in [2.45, 2.75) is 33.2 Å². The molecule has 35 heavy (non-hydrogen) atoms. The molecule has 8 nitrogen and oxygen atoms in total. The number of primary amides is 1. The van der Waals surface area contributed by atoms with E-state index in [9.17, 15) is 14.4 Å². The Morgan fingerprint density at radius 2 is 1.77 bits per heavy atom. The molecule has 0 aliphatic rings. The molecule has 2 aromatic carbocycles. The fourth-order valence-corrected chi connectivity index (χ4v) is 4.45. The van der Waals surface area contributed by atoms with E-state index in [2.05, 4.69) is 23.5 Å². The zero-order chi connectivity index (χ0) is 25.7. The average molecular weight is 514 g/mol.